The predicted molar refractivity (Wildman–Crippen MR) is 119 cm³/mol. The molecular formula is C24H27N5O4. The van der Waals surface area contributed by atoms with E-state index in [1.165, 1.54) is 0 Å². The van der Waals surface area contributed by atoms with Gasteiger partial charge in [0.1, 0.15) is 17.9 Å². The molecule has 9 heteroatoms. The third kappa shape index (κ3) is 4.60. The standard InChI is InChI=1S/C24H27N5O4/c30-22-4-3-20(23(31)28-22)29-14-17-2-1-15(9-19(17)24(29)32)10-27-11-16-5-7-26-13-21(16)33-18-6-8-25-12-18/h1-2,5,7,9,13,18,20,25,27H,3-4,6,8,10-12,14H2,(H,28,30,31)/t18-,20?/m0/s1. The summed E-state index contributed by atoms with van der Waals surface area (Å²) in [5, 5.41) is 9.06. The Bertz CT molecular complexity index is 1080. The highest BCUT2D eigenvalue weighted by Gasteiger charge is 2.39. The zero-order valence-corrected chi connectivity index (χ0v) is 18.3. The Balaban J connectivity index is 1.21. The molecule has 2 atom stereocenters. The largest absolute Gasteiger partial charge is 0.487 e. The Morgan fingerprint density at radius 2 is 2.06 bits per heavy atom. The van der Waals surface area contributed by atoms with Gasteiger partial charge in [-0.05, 0) is 42.6 Å². The van der Waals surface area contributed by atoms with Crippen LogP contribution in [0.1, 0.15) is 46.3 Å². The van der Waals surface area contributed by atoms with E-state index in [4.69, 9.17) is 4.74 Å². The van der Waals surface area contributed by atoms with Crippen molar-refractivity contribution < 1.29 is 19.1 Å². The SMILES string of the molecule is O=C1CCC(N2Cc3ccc(CNCc4ccncc4O[C@H]4CCNC4)cc3C2=O)C(=O)N1. The second-order valence-corrected chi connectivity index (χ2v) is 8.71. The number of nitrogens with one attached hydrogen (secondary N) is 3. The summed E-state index contributed by atoms with van der Waals surface area (Å²) in [5.74, 6) is -0.0338. The molecule has 0 aliphatic carbocycles. The average molecular weight is 450 g/mol. The number of nitrogens with zero attached hydrogens (tertiary/aromatic N) is 2. The molecule has 0 bridgehead atoms. The summed E-state index contributed by atoms with van der Waals surface area (Å²) >= 11 is 0. The number of aromatic nitrogens is 1. The number of rotatable bonds is 7. The Morgan fingerprint density at radius 3 is 2.88 bits per heavy atom. The van der Waals surface area contributed by atoms with E-state index < -0.39 is 11.9 Å². The van der Waals surface area contributed by atoms with Crippen LogP contribution in [0.4, 0.5) is 0 Å². The molecule has 0 radical (unpaired) electrons. The van der Waals surface area contributed by atoms with Crippen molar-refractivity contribution in [2.24, 2.45) is 0 Å². The lowest BCUT2D eigenvalue weighted by Crippen LogP contribution is -2.52. The normalized spacial score (nSPS) is 22.4. The second kappa shape index (κ2) is 9.29. The quantitative estimate of drug-likeness (QED) is 0.538. The minimum Gasteiger partial charge on any atom is -0.487 e. The van der Waals surface area contributed by atoms with E-state index in [-0.39, 0.29) is 24.3 Å². The van der Waals surface area contributed by atoms with E-state index in [1.807, 2.05) is 24.3 Å². The van der Waals surface area contributed by atoms with E-state index in [9.17, 15) is 14.4 Å². The van der Waals surface area contributed by atoms with Gasteiger partial charge in [-0.15, -0.1) is 0 Å². The van der Waals surface area contributed by atoms with Gasteiger partial charge in [-0.3, -0.25) is 24.7 Å². The summed E-state index contributed by atoms with van der Waals surface area (Å²) in [7, 11) is 0. The number of fused-ring (bicyclic) bond motifs is 1. The minimum atomic E-state index is -0.593. The van der Waals surface area contributed by atoms with E-state index in [0.717, 1.165) is 42.0 Å². The lowest BCUT2D eigenvalue weighted by atomic mass is 10.0. The van der Waals surface area contributed by atoms with Crippen LogP contribution < -0.4 is 20.7 Å². The van der Waals surface area contributed by atoms with Gasteiger partial charge in [0.25, 0.3) is 5.91 Å². The molecule has 1 aromatic carbocycles. The van der Waals surface area contributed by atoms with E-state index in [2.05, 4.69) is 20.9 Å². The number of benzene rings is 1. The zero-order valence-electron chi connectivity index (χ0n) is 18.3. The van der Waals surface area contributed by atoms with Crippen molar-refractivity contribution in [3.63, 3.8) is 0 Å². The number of pyridine rings is 1. The number of carbonyl (C=O) groups is 3. The monoisotopic (exact) mass is 449 g/mol. The van der Waals surface area contributed by atoms with Gasteiger partial charge in [0.05, 0.1) is 6.20 Å². The van der Waals surface area contributed by atoms with Gasteiger partial charge < -0.3 is 20.3 Å². The first-order valence-electron chi connectivity index (χ1n) is 11.4. The average Bonchev–Trinajstić information content (AvgIpc) is 3.43. The van der Waals surface area contributed by atoms with Crippen LogP contribution in [-0.4, -0.2) is 52.8 Å². The number of piperidine rings is 1. The third-order valence-electron chi connectivity index (χ3n) is 6.42. The molecule has 3 aliphatic rings. The number of amides is 3. The Hall–Kier alpha value is -3.30. The molecule has 2 fully saturated rings. The van der Waals surface area contributed by atoms with Crippen molar-refractivity contribution in [1.29, 1.82) is 0 Å². The zero-order chi connectivity index (χ0) is 22.8. The fraction of sp³-hybridized carbons (Fsp3) is 0.417. The van der Waals surface area contributed by atoms with Crippen LogP contribution in [0.25, 0.3) is 0 Å². The summed E-state index contributed by atoms with van der Waals surface area (Å²) in [6, 6.07) is 7.20. The molecule has 0 saturated carbocycles. The summed E-state index contributed by atoms with van der Waals surface area (Å²) in [5.41, 5.74) is 3.56. The number of carbonyl (C=O) groups excluding carboxylic acids is 3. The molecular weight excluding hydrogens is 422 g/mol. The molecule has 3 N–H and O–H groups in total. The maximum absolute atomic E-state index is 13.0. The first kappa shape index (κ1) is 21.5. The van der Waals surface area contributed by atoms with Crippen molar-refractivity contribution >= 4 is 17.7 Å². The van der Waals surface area contributed by atoms with E-state index >= 15 is 0 Å². The summed E-state index contributed by atoms with van der Waals surface area (Å²) in [6.07, 6.45) is 5.29. The maximum Gasteiger partial charge on any atom is 0.255 e. The van der Waals surface area contributed by atoms with Crippen LogP contribution in [0.2, 0.25) is 0 Å². The van der Waals surface area contributed by atoms with Crippen LogP contribution >= 0.6 is 0 Å². The number of imide groups is 1. The molecule has 3 aliphatic heterocycles. The minimum absolute atomic E-state index is 0.156. The van der Waals surface area contributed by atoms with Crippen molar-refractivity contribution in [3.05, 3.63) is 58.9 Å². The molecule has 5 rings (SSSR count). The Morgan fingerprint density at radius 1 is 1.15 bits per heavy atom. The molecule has 9 nitrogen and oxygen atoms in total. The molecule has 2 aromatic rings. The van der Waals surface area contributed by atoms with Gasteiger partial charge in [-0.25, -0.2) is 0 Å². The first-order chi connectivity index (χ1) is 16.1. The second-order valence-electron chi connectivity index (χ2n) is 8.71. The van der Waals surface area contributed by atoms with E-state index in [1.54, 1.807) is 17.3 Å². The smallest absolute Gasteiger partial charge is 0.255 e. The number of hydrogen-bond donors (Lipinski definition) is 3. The molecule has 1 aromatic heterocycles. The van der Waals surface area contributed by atoms with Crippen LogP contribution in [-0.2, 0) is 29.2 Å². The van der Waals surface area contributed by atoms with Crippen molar-refractivity contribution in [2.75, 3.05) is 13.1 Å². The molecule has 2 saturated heterocycles. The highest BCUT2D eigenvalue weighted by Crippen LogP contribution is 2.28. The van der Waals surface area contributed by atoms with E-state index in [0.29, 0.717) is 31.6 Å². The van der Waals surface area contributed by atoms with Gasteiger partial charge in [-0.1, -0.05) is 12.1 Å². The van der Waals surface area contributed by atoms with Crippen molar-refractivity contribution in [3.8, 4) is 5.75 Å². The highest BCUT2D eigenvalue weighted by molar-refractivity contribution is 6.05. The van der Waals surface area contributed by atoms with Gasteiger partial charge in [0, 0.05) is 49.9 Å². The van der Waals surface area contributed by atoms with Gasteiger partial charge >= 0.3 is 0 Å². The third-order valence-corrected chi connectivity index (χ3v) is 6.42. The molecule has 172 valence electrons. The summed E-state index contributed by atoms with van der Waals surface area (Å²) in [6.45, 7) is 3.41. The Labute approximate surface area is 191 Å². The fourth-order valence-corrected chi connectivity index (χ4v) is 4.62. The van der Waals surface area contributed by atoms with Gasteiger partial charge in [-0.2, -0.15) is 0 Å². The van der Waals surface area contributed by atoms with Crippen LogP contribution in [0.5, 0.6) is 5.75 Å². The highest BCUT2D eigenvalue weighted by atomic mass is 16.5. The lowest BCUT2D eigenvalue weighted by molar-refractivity contribution is -0.136. The molecule has 4 heterocycles. The van der Waals surface area contributed by atoms with Crippen LogP contribution in [0.15, 0.2) is 36.7 Å². The molecule has 33 heavy (non-hydrogen) atoms. The maximum atomic E-state index is 13.0. The summed E-state index contributed by atoms with van der Waals surface area (Å²) in [4.78, 5) is 42.4. The molecule has 1 unspecified atom stereocenters. The molecule has 3 amide bonds. The lowest BCUT2D eigenvalue weighted by Gasteiger charge is -2.29. The number of ether oxygens (including phenoxy) is 1. The summed E-state index contributed by atoms with van der Waals surface area (Å²) < 4.78 is 6.10. The fourth-order valence-electron chi connectivity index (χ4n) is 4.62. The van der Waals surface area contributed by atoms with Crippen LogP contribution in [0.3, 0.4) is 0 Å². The molecule has 0 spiro atoms. The topological polar surface area (TPSA) is 113 Å². The van der Waals surface area contributed by atoms with Gasteiger partial charge in [0.15, 0.2) is 0 Å². The number of hydrogen-bond acceptors (Lipinski definition) is 7. The predicted octanol–water partition coefficient (Wildman–Crippen LogP) is 0.873. The van der Waals surface area contributed by atoms with Crippen molar-refractivity contribution in [2.45, 2.75) is 51.0 Å². The van der Waals surface area contributed by atoms with Gasteiger partial charge in [0.2, 0.25) is 11.8 Å². The Kier molecular flexibility index (Phi) is 6.06. The van der Waals surface area contributed by atoms with Crippen molar-refractivity contribution in [1.82, 2.24) is 25.8 Å². The first-order valence-corrected chi connectivity index (χ1v) is 11.4. The van der Waals surface area contributed by atoms with Crippen LogP contribution in [0, 0.1) is 0 Å².